The minimum atomic E-state index is 0.0558. The number of para-hydroxylation sites is 1. The van der Waals surface area contributed by atoms with Crippen molar-refractivity contribution >= 4 is 54.4 Å². The lowest BCUT2D eigenvalue weighted by molar-refractivity contribution is 0.568. The van der Waals surface area contributed by atoms with Gasteiger partial charge in [-0.1, -0.05) is 102 Å². The van der Waals surface area contributed by atoms with E-state index in [0.717, 1.165) is 0 Å². The lowest BCUT2D eigenvalue weighted by Gasteiger charge is -2.26. The number of aromatic amines is 1. The van der Waals surface area contributed by atoms with Gasteiger partial charge in [-0.15, -0.1) is 0 Å². The molecule has 0 radical (unpaired) electrons. The molecule has 0 unspecified atom stereocenters. The van der Waals surface area contributed by atoms with Gasteiger partial charge in [0.2, 0.25) is 0 Å². The first kappa shape index (κ1) is 23.1. The highest BCUT2D eigenvalue weighted by Crippen LogP contribution is 2.40. The number of hydrogen-bond acceptors (Lipinski definition) is 0. The van der Waals surface area contributed by atoms with Crippen LogP contribution < -0.4 is 0 Å². The molecule has 0 aliphatic carbocycles. The molecule has 0 saturated carbocycles. The van der Waals surface area contributed by atoms with Gasteiger partial charge in [0.1, 0.15) is 0 Å². The highest BCUT2D eigenvalue weighted by molar-refractivity contribution is 6.22. The lowest BCUT2D eigenvalue weighted by atomic mass is 9.80. The average molecular weight is 495 g/mol. The standard InChI is InChI=1S/C36H34N2/c1-35(2,3)23-17-24(36(4,5)6)19-25(18-23)38-32-14-10-9-13-27(32)30-20-29-28-16-15-22-11-7-8-12-26(22)34(28)37-31(29)21-33(30)38/h7-21,37H,1-6H3. The van der Waals surface area contributed by atoms with E-state index in [1.54, 1.807) is 0 Å². The molecule has 0 bridgehead atoms. The normalized spacial score (nSPS) is 13.0. The van der Waals surface area contributed by atoms with Crippen LogP contribution in [-0.2, 0) is 10.8 Å². The first-order valence-corrected chi connectivity index (χ1v) is 13.6. The summed E-state index contributed by atoms with van der Waals surface area (Å²) in [7, 11) is 0. The summed E-state index contributed by atoms with van der Waals surface area (Å²) in [5, 5.41) is 7.67. The highest BCUT2D eigenvalue weighted by atomic mass is 15.0. The van der Waals surface area contributed by atoms with Crippen LogP contribution in [0.1, 0.15) is 52.7 Å². The fourth-order valence-corrected chi connectivity index (χ4v) is 5.99. The largest absolute Gasteiger partial charge is 0.354 e. The predicted octanol–water partition coefficient (Wildman–Crippen LogP) is 10.2. The summed E-state index contributed by atoms with van der Waals surface area (Å²) in [6, 6.07) is 33.9. The molecule has 7 rings (SSSR count). The quantitative estimate of drug-likeness (QED) is 0.234. The van der Waals surface area contributed by atoms with Crippen LogP contribution in [0.3, 0.4) is 0 Å². The van der Waals surface area contributed by atoms with Gasteiger partial charge in [-0.2, -0.15) is 0 Å². The Morgan fingerprint density at radius 2 is 1.18 bits per heavy atom. The summed E-state index contributed by atoms with van der Waals surface area (Å²) in [6.07, 6.45) is 0. The zero-order valence-electron chi connectivity index (χ0n) is 23.1. The van der Waals surface area contributed by atoms with Gasteiger partial charge < -0.3 is 9.55 Å². The third-order valence-corrected chi connectivity index (χ3v) is 8.20. The summed E-state index contributed by atoms with van der Waals surface area (Å²) in [5.41, 5.74) is 8.95. The van der Waals surface area contributed by atoms with Gasteiger partial charge in [0, 0.05) is 38.1 Å². The third kappa shape index (κ3) is 3.40. The van der Waals surface area contributed by atoms with Crippen molar-refractivity contribution in [2.75, 3.05) is 0 Å². The van der Waals surface area contributed by atoms with Crippen molar-refractivity contribution in [3.63, 3.8) is 0 Å². The zero-order chi connectivity index (χ0) is 26.4. The summed E-state index contributed by atoms with van der Waals surface area (Å²) in [5.74, 6) is 0. The Hall–Kier alpha value is -4.04. The van der Waals surface area contributed by atoms with Crippen LogP contribution in [0.25, 0.3) is 60.1 Å². The van der Waals surface area contributed by atoms with Crippen LogP contribution in [0.4, 0.5) is 0 Å². The molecule has 0 saturated heterocycles. The number of benzene rings is 5. The Kier molecular flexibility index (Phi) is 4.70. The van der Waals surface area contributed by atoms with Crippen LogP contribution in [0.15, 0.2) is 91.0 Å². The van der Waals surface area contributed by atoms with E-state index in [9.17, 15) is 0 Å². The third-order valence-electron chi connectivity index (χ3n) is 8.20. The Morgan fingerprint density at radius 3 is 1.89 bits per heavy atom. The molecule has 0 fully saturated rings. The fraction of sp³-hybridized carbons (Fsp3) is 0.222. The van der Waals surface area contributed by atoms with Crippen molar-refractivity contribution in [3.05, 3.63) is 102 Å². The molecule has 0 aliphatic rings. The van der Waals surface area contributed by atoms with Gasteiger partial charge >= 0.3 is 0 Å². The molecule has 1 N–H and O–H groups in total. The van der Waals surface area contributed by atoms with E-state index >= 15 is 0 Å². The number of rotatable bonds is 1. The molecule has 2 aromatic heterocycles. The smallest absolute Gasteiger partial charge is 0.0562 e. The van der Waals surface area contributed by atoms with Crippen LogP contribution in [0.2, 0.25) is 0 Å². The Balaban J connectivity index is 1.61. The summed E-state index contributed by atoms with van der Waals surface area (Å²) in [6.45, 7) is 13.8. The summed E-state index contributed by atoms with van der Waals surface area (Å²) < 4.78 is 2.47. The SMILES string of the molecule is CC(C)(C)c1cc(-n2c3ccccc3c3cc4c(cc32)[nH]c2c3ccccc3ccc42)cc(C(C)(C)C)c1. The van der Waals surface area contributed by atoms with Crippen LogP contribution >= 0.6 is 0 Å². The number of fused-ring (bicyclic) bond motifs is 8. The molecule has 0 amide bonds. The van der Waals surface area contributed by atoms with Crippen LogP contribution in [-0.4, -0.2) is 9.55 Å². The highest BCUT2D eigenvalue weighted by Gasteiger charge is 2.23. The minimum Gasteiger partial charge on any atom is -0.354 e. The van der Waals surface area contributed by atoms with E-state index in [1.807, 2.05) is 0 Å². The number of hydrogen-bond donors (Lipinski definition) is 1. The topological polar surface area (TPSA) is 20.7 Å². The van der Waals surface area contributed by atoms with Gasteiger partial charge in [0.25, 0.3) is 0 Å². The number of aromatic nitrogens is 2. The maximum atomic E-state index is 3.79. The van der Waals surface area contributed by atoms with Crippen molar-refractivity contribution < 1.29 is 0 Å². The van der Waals surface area contributed by atoms with E-state index in [1.165, 1.54) is 71.2 Å². The molecule has 2 heteroatoms. The van der Waals surface area contributed by atoms with Gasteiger partial charge in [-0.25, -0.2) is 0 Å². The monoisotopic (exact) mass is 494 g/mol. The first-order valence-electron chi connectivity index (χ1n) is 13.6. The van der Waals surface area contributed by atoms with Crippen molar-refractivity contribution in [1.29, 1.82) is 0 Å². The van der Waals surface area contributed by atoms with Crippen molar-refractivity contribution in [1.82, 2.24) is 9.55 Å². The Bertz CT molecular complexity index is 2000. The predicted molar refractivity (Wildman–Crippen MR) is 165 cm³/mol. The molecule has 5 aromatic carbocycles. The van der Waals surface area contributed by atoms with E-state index in [2.05, 4.69) is 142 Å². The summed E-state index contributed by atoms with van der Waals surface area (Å²) in [4.78, 5) is 3.79. The molecule has 2 nitrogen and oxygen atoms in total. The van der Waals surface area contributed by atoms with E-state index in [4.69, 9.17) is 0 Å². The maximum Gasteiger partial charge on any atom is 0.0562 e. The second-order valence-corrected chi connectivity index (χ2v) is 12.9. The Morgan fingerprint density at radius 1 is 0.526 bits per heavy atom. The second-order valence-electron chi connectivity index (χ2n) is 12.9. The number of H-pyrrole nitrogens is 1. The number of nitrogens with zero attached hydrogens (tertiary/aromatic N) is 1. The first-order chi connectivity index (χ1) is 18.1. The lowest BCUT2D eigenvalue weighted by Crippen LogP contribution is -2.17. The maximum absolute atomic E-state index is 3.79. The minimum absolute atomic E-state index is 0.0558. The molecule has 7 aromatic rings. The fourth-order valence-electron chi connectivity index (χ4n) is 5.99. The van der Waals surface area contributed by atoms with Gasteiger partial charge in [0.15, 0.2) is 0 Å². The summed E-state index contributed by atoms with van der Waals surface area (Å²) >= 11 is 0. The molecule has 38 heavy (non-hydrogen) atoms. The molecular formula is C36H34N2. The molecule has 188 valence electrons. The molecular weight excluding hydrogens is 460 g/mol. The Labute approximate surface area is 223 Å². The second kappa shape index (κ2) is 7.74. The van der Waals surface area contributed by atoms with E-state index in [0.29, 0.717) is 0 Å². The van der Waals surface area contributed by atoms with E-state index < -0.39 is 0 Å². The van der Waals surface area contributed by atoms with Crippen molar-refractivity contribution in [2.45, 2.75) is 52.4 Å². The van der Waals surface area contributed by atoms with Gasteiger partial charge in [-0.3, -0.25) is 0 Å². The number of nitrogens with one attached hydrogen (secondary N) is 1. The molecule has 2 heterocycles. The van der Waals surface area contributed by atoms with Crippen molar-refractivity contribution in [3.8, 4) is 5.69 Å². The molecule has 0 aliphatic heterocycles. The molecule has 0 atom stereocenters. The molecule has 0 spiro atoms. The van der Waals surface area contributed by atoms with Crippen molar-refractivity contribution in [2.24, 2.45) is 0 Å². The van der Waals surface area contributed by atoms with Gasteiger partial charge in [-0.05, 0) is 57.7 Å². The van der Waals surface area contributed by atoms with Gasteiger partial charge in [0.05, 0.1) is 16.6 Å². The van der Waals surface area contributed by atoms with E-state index in [-0.39, 0.29) is 10.8 Å². The van der Waals surface area contributed by atoms with Crippen LogP contribution in [0, 0.1) is 0 Å². The zero-order valence-corrected chi connectivity index (χ0v) is 23.1. The van der Waals surface area contributed by atoms with Crippen LogP contribution in [0.5, 0.6) is 0 Å². The average Bonchev–Trinajstić information content (AvgIpc) is 3.41.